The van der Waals surface area contributed by atoms with Gasteiger partial charge in [0.1, 0.15) is 18.1 Å². The quantitative estimate of drug-likeness (QED) is 0.332. The third kappa shape index (κ3) is 4.02. The lowest BCUT2D eigenvalue weighted by atomic mass is 10.0. The molecule has 7 heteroatoms. The summed E-state index contributed by atoms with van der Waals surface area (Å²) in [5.74, 6) is 0.814. The van der Waals surface area contributed by atoms with Crippen molar-refractivity contribution in [3.05, 3.63) is 78.4 Å². The smallest absolute Gasteiger partial charge is 0.150 e. The molecular formula is C28H25N5O2. The van der Waals surface area contributed by atoms with Gasteiger partial charge < -0.3 is 14.0 Å². The zero-order valence-corrected chi connectivity index (χ0v) is 19.5. The largest absolute Gasteiger partial charge is 0.487 e. The highest BCUT2D eigenvalue weighted by Gasteiger charge is 2.22. The first-order valence-electron chi connectivity index (χ1n) is 11.9. The molecule has 1 unspecified atom stereocenters. The van der Waals surface area contributed by atoms with Crippen molar-refractivity contribution in [2.24, 2.45) is 7.05 Å². The van der Waals surface area contributed by atoms with Gasteiger partial charge in [-0.3, -0.25) is 0 Å². The lowest BCUT2D eigenvalue weighted by Gasteiger charge is -2.23. The third-order valence-corrected chi connectivity index (χ3v) is 6.65. The van der Waals surface area contributed by atoms with E-state index in [2.05, 4.69) is 41.4 Å². The SMILES string of the molecule is Cn1cncc1COc1ccc2cc(-c3nn(C4CCCCO4)c4ccc(C#N)cc34)ccc2c1. The Kier molecular flexibility index (Phi) is 5.44. The molecule has 5 aromatic rings. The lowest BCUT2D eigenvalue weighted by Crippen LogP contribution is -2.19. The van der Waals surface area contributed by atoms with Gasteiger partial charge in [-0.2, -0.15) is 10.4 Å². The summed E-state index contributed by atoms with van der Waals surface area (Å²) in [7, 11) is 1.96. The summed E-state index contributed by atoms with van der Waals surface area (Å²) < 4.78 is 16.0. The number of imidazole rings is 1. The normalized spacial score (nSPS) is 15.9. The Labute approximate surface area is 203 Å². The van der Waals surface area contributed by atoms with Crippen LogP contribution in [0.25, 0.3) is 32.9 Å². The fourth-order valence-corrected chi connectivity index (χ4v) is 4.70. The van der Waals surface area contributed by atoms with Crippen LogP contribution in [0.4, 0.5) is 0 Å². The van der Waals surface area contributed by atoms with Crippen molar-refractivity contribution in [3.63, 3.8) is 0 Å². The van der Waals surface area contributed by atoms with Gasteiger partial charge in [-0.15, -0.1) is 0 Å². The van der Waals surface area contributed by atoms with Gasteiger partial charge >= 0.3 is 0 Å². The second-order valence-corrected chi connectivity index (χ2v) is 8.97. The van der Waals surface area contributed by atoms with Crippen LogP contribution in [0.1, 0.15) is 36.7 Å². The van der Waals surface area contributed by atoms with Gasteiger partial charge in [-0.05, 0) is 66.4 Å². The minimum absolute atomic E-state index is 0.0764. The Morgan fingerprint density at radius 3 is 2.77 bits per heavy atom. The summed E-state index contributed by atoms with van der Waals surface area (Å²) in [6.07, 6.45) is 6.65. The molecule has 1 saturated heterocycles. The van der Waals surface area contributed by atoms with Gasteiger partial charge in [-0.25, -0.2) is 9.67 Å². The zero-order valence-electron chi connectivity index (χ0n) is 19.5. The van der Waals surface area contributed by atoms with Crippen molar-refractivity contribution in [1.29, 1.82) is 5.26 Å². The van der Waals surface area contributed by atoms with Crippen molar-refractivity contribution < 1.29 is 9.47 Å². The monoisotopic (exact) mass is 463 g/mol. The van der Waals surface area contributed by atoms with Gasteiger partial charge in [0.25, 0.3) is 0 Å². The van der Waals surface area contributed by atoms with Crippen molar-refractivity contribution >= 4 is 21.7 Å². The minimum Gasteiger partial charge on any atom is -0.487 e. The fraction of sp³-hybridized carbons (Fsp3) is 0.250. The zero-order chi connectivity index (χ0) is 23.8. The number of nitrogens with zero attached hydrogens (tertiary/aromatic N) is 5. The predicted octanol–water partition coefficient (Wildman–Crippen LogP) is 5.74. The molecule has 0 N–H and O–H groups in total. The molecule has 35 heavy (non-hydrogen) atoms. The number of rotatable bonds is 5. The minimum atomic E-state index is -0.0764. The first-order valence-corrected chi connectivity index (χ1v) is 11.9. The van der Waals surface area contributed by atoms with Crippen LogP contribution in [0.15, 0.2) is 67.1 Å². The van der Waals surface area contributed by atoms with Crippen LogP contribution in [0.3, 0.4) is 0 Å². The van der Waals surface area contributed by atoms with Gasteiger partial charge in [0.2, 0.25) is 0 Å². The molecule has 3 heterocycles. The standard InChI is InChI=1S/C28H25N5O2/c1-32-18-30-16-23(32)17-35-24-9-8-20-13-22(7-6-21(20)14-24)28-25-12-19(15-29)5-10-26(25)33(31-28)27-4-2-3-11-34-27/h5-10,12-14,16,18,27H,2-4,11,17H2,1H3. The van der Waals surface area contributed by atoms with Crippen molar-refractivity contribution in [3.8, 4) is 23.1 Å². The molecule has 0 radical (unpaired) electrons. The molecule has 1 aliphatic rings. The van der Waals surface area contributed by atoms with E-state index in [0.29, 0.717) is 12.2 Å². The molecule has 7 nitrogen and oxygen atoms in total. The molecule has 0 spiro atoms. The van der Waals surface area contributed by atoms with Crippen LogP contribution in [0.5, 0.6) is 5.75 Å². The molecule has 6 rings (SSSR count). The van der Waals surface area contributed by atoms with E-state index in [0.717, 1.165) is 70.2 Å². The number of ether oxygens (including phenoxy) is 2. The fourth-order valence-electron chi connectivity index (χ4n) is 4.70. The predicted molar refractivity (Wildman–Crippen MR) is 134 cm³/mol. The molecule has 0 saturated carbocycles. The van der Waals surface area contributed by atoms with E-state index in [1.54, 1.807) is 6.33 Å². The molecule has 3 aromatic carbocycles. The van der Waals surface area contributed by atoms with Crippen molar-refractivity contribution in [2.45, 2.75) is 32.1 Å². The second-order valence-electron chi connectivity index (χ2n) is 8.97. The van der Waals surface area contributed by atoms with Gasteiger partial charge in [-0.1, -0.05) is 18.2 Å². The molecule has 1 aliphatic heterocycles. The van der Waals surface area contributed by atoms with Crippen LogP contribution < -0.4 is 4.74 Å². The van der Waals surface area contributed by atoms with E-state index in [1.807, 2.05) is 46.8 Å². The Balaban J connectivity index is 1.36. The molecule has 0 amide bonds. The van der Waals surface area contributed by atoms with Crippen LogP contribution in [-0.4, -0.2) is 25.9 Å². The Bertz CT molecular complexity index is 1570. The third-order valence-electron chi connectivity index (χ3n) is 6.65. The average Bonchev–Trinajstić information content (AvgIpc) is 3.50. The summed E-state index contributed by atoms with van der Waals surface area (Å²) in [5, 5.41) is 17.6. The van der Waals surface area contributed by atoms with Crippen LogP contribution in [0, 0.1) is 11.3 Å². The topological polar surface area (TPSA) is 77.9 Å². The highest BCUT2D eigenvalue weighted by Crippen LogP contribution is 2.35. The molecule has 0 bridgehead atoms. The Morgan fingerprint density at radius 1 is 1.09 bits per heavy atom. The maximum absolute atomic E-state index is 9.48. The lowest BCUT2D eigenvalue weighted by molar-refractivity contribution is -0.0365. The second kappa shape index (κ2) is 8.90. The van der Waals surface area contributed by atoms with E-state index in [-0.39, 0.29) is 6.23 Å². The Morgan fingerprint density at radius 2 is 1.97 bits per heavy atom. The summed E-state index contributed by atoms with van der Waals surface area (Å²) in [6.45, 7) is 1.21. The van der Waals surface area contributed by atoms with Crippen LogP contribution in [0.2, 0.25) is 0 Å². The maximum atomic E-state index is 9.48. The van der Waals surface area contributed by atoms with E-state index >= 15 is 0 Å². The van der Waals surface area contributed by atoms with E-state index in [1.165, 1.54) is 0 Å². The average molecular weight is 464 g/mol. The molecular weight excluding hydrogens is 438 g/mol. The summed E-state index contributed by atoms with van der Waals surface area (Å²) in [6, 6.07) is 20.5. The molecule has 0 aliphatic carbocycles. The molecule has 2 aromatic heterocycles. The number of aryl methyl sites for hydroxylation is 1. The van der Waals surface area contributed by atoms with Gasteiger partial charge in [0.15, 0.2) is 6.23 Å². The number of aromatic nitrogens is 4. The highest BCUT2D eigenvalue weighted by molar-refractivity contribution is 5.97. The summed E-state index contributed by atoms with van der Waals surface area (Å²) >= 11 is 0. The number of hydrogen-bond acceptors (Lipinski definition) is 5. The Hall–Kier alpha value is -4.15. The highest BCUT2D eigenvalue weighted by atomic mass is 16.5. The van der Waals surface area contributed by atoms with E-state index in [4.69, 9.17) is 14.6 Å². The van der Waals surface area contributed by atoms with E-state index in [9.17, 15) is 5.26 Å². The number of nitriles is 1. The number of hydrogen-bond donors (Lipinski definition) is 0. The number of benzene rings is 3. The molecule has 1 atom stereocenters. The van der Waals surface area contributed by atoms with Crippen LogP contribution >= 0.6 is 0 Å². The number of fused-ring (bicyclic) bond motifs is 2. The van der Waals surface area contributed by atoms with Gasteiger partial charge in [0, 0.05) is 24.6 Å². The van der Waals surface area contributed by atoms with Crippen LogP contribution in [-0.2, 0) is 18.4 Å². The van der Waals surface area contributed by atoms with Crippen molar-refractivity contribution in [2.75, 3.05) is 6.61 Å². The summed E-state index contributed by atoms with van der Waals surface area (Å²) in [5.41, 5.74) is 4.51. The van der Waals surface area contributed by atoms with E-state index < -0.39 is 0 Å². The van der Waals surface area contributed by atoms with Crippen molar-refractivity contribution in [1.82, 2.24) is 19.3 Å². The summed E-state index contributed by atoms with van der Waals surface area (Å²) in [4.78, 5) is 4.14. The van der Waals surface area contributed by atoms with Gasteiger partial charge in [0.05, 0.1) is 35.4 Å². The molecule has 174 valence electrons. The maximum Gasteiger partial charge on any atom is 0.150 e. The molecule has 1 fully saturated rings. The first kappa shape index (κ1) is 21.4. The first-order chi connectivity index (χ1) is 17.2.